The quantitative estimate of drug-likeness (QED) is 0.0540. The average Bonchev–Trinajstić information content (AvgIpc) is 2.77. The van der Waals surface area contributed by atoms with Crippen LogP contribution in [0.1, 0.15) is 13.3 Å². The minimum absolute atomic E-state index is 0.0701. The molecule has 43 heavy (non-hydrogen) atoms. The molecule has 0 aliphatic rings. The van der Waals surface area contributed by atoms with Crippen molar-refractivity contribution < 1.29 is 89.0 Å². The van der Waals surface area contributed by atoms with Gasteiger partial charge in [-0.25, -0.2) is 14.0 Å². The van der Waals surface area contributed by atoms with Crippen molar-refractivity contribution in [2.75, 3.05) is 6.61 Å². The summed E-state index contributed by atoms with van der Waals surface area (Å²) >= 11 is 0. The maximum atomic E-state index is 13.8. The zero-order chi connectivity index (χ0) is 34.9. The molecule has 0 rings (SSSR count). The van der Waals surface area contributed by atoms with Gasteiger partial charge in [-0.1, -0.05) is 0 Å². The lowest BCUT2D eigenvalue weighted by molar-refractivity contribution is -0.462. The molecule has 0 radical (unpaired) electrons. The van der Waals surface area contributed by atoms with Crippen LogP contribution in [-0.2, 0) is 23.2 Å². The summed E-state index contributed by atoms with van der Waals surface area (Å²) in [6.45, 7) is 8.50. The molecule has 0 amide bonds. The number of rotatable bonds is 16. The van der Waals surface area contributed by atoms with Crippen molar-refractivity contribution in [1.82, 2.24) is 0 Å². The molecule has 0 aliphatic carbocycles. The zero-order valence-corrected chi connectivity index (χ0v) is 25.1. The largest absolute Gasteiger partial charge is 0.473 e. The van der Waals surface area contributed by atoms with Gasteiger partial charge in [-0.3, -0.25) is 0 Å². The van der Waals surface area contributed by atoms with E-state index in [-0.39, 0.29) is 19.1 Å². The summed E-state index contributed by atoms with van der Waals surface area (Å²) in [5.41, 5.74) is 0. The van der Waals surface area contributed by atoms with Crippen molar-refractivity contribution in [2.45, 2.75) is 99.9 Å². The van der Waals surface area contributed by atoms with E-state index in [9.17, 15) is 75.4 Å². The maximum Gasteiger partial charge on any atom is 0.473 e. The minimum atomic E-state index is -8.46. The third-order valence-electron chi connectivity index (χ3n) is 5.20. The Morgan fingerprint density at radius 2 is 1.07 bits per heavy atom. The van der Waals surface area contributed by atoms with E-state index in [1.807, 2.05) is 32.7 Å². The van der Waals surface area contributed by atoms with Gasteiger partial charge in [-0.2, -0.15) is 61.5 Å². The van der Waals surface area contributed by atoms with Crippen LogP contribution in [0.2, 0.25) is 38.8 Å². The molecule has 0 saturated carbocycles. The Labute approximate surface area is 237 Å². The van der Waals surface area contributed by atoms with Crippen LogP contribution in [0.3, 0.4) is 0 Å². The van der Waals surface area contributed by atoms with Gasteiger partial charge in [0.2, 0.25) is 0 Å². The summed E-state index contributed by atoms with van der Waals surface area (Å²) in [6.07, 6.45) is -12.0. The Morgan fingerprint density at radius 3 is 1.49 bits per heavy atom. The van der Waals surface area contributed by atoms with Gasteiger partial charge in [0.15, 0.2) is 22.8 Å². The zero-order valence-electron chi connectivity index (χ0n) is 23.1. The van der Waals surface area contributed by atoms with Crippen LogP contribution >= 0.6 is 0 Å². The van der Waals surface area contributed by atoms with Crippen molar-refractivity contribution in [3.05, 3.63) is 12.2 Å². The molecular weight excluding hydrogens is 673 g/mol. The summed E-state index contributed by atoms with van der Waals surface area (Å²) in [5, 5.41) is 0. The van der Waals surface area contributed by atoms with Crippen LogP contribution in [0.25, 0.3) is 0 Å². The highest BCUT2D eigenvalue weighted by molar-refractivity contribution is 6.84. The highest BCUT2D eigenvalue weighted by Crippen LogP contribution is 2.62. The molecule has 0 N–H and O–H groups in total. The van der Waals surface area contributed by atoms with Crippen LogP contribution in [0.5, 0.6) is 0 Å². The SMILES string of the molecule is CC(F)C(F)(F)C(F)(F)C(F)(F)C(F)(F)C(F)(F)C(F)(F)C(F)(F)OC(=O)C=CC(=O)OCCC[Si](C)(C)O[Si](C)(C)C. The maximum absolute atomic E-state index is 13.8. The van der Waals surface area contributed by atoms with Crippen LogP contribution < -0.4 is 0 Å². The van der Waals surface area contributed by atoms with E-state index < -0.39 is 89.4 Å². The van der Waals surface area contributed by atoms with Gasteiger partial charge in [0.05, 0.1) is 6.61 Å². The average molecular weight is 701 g/mol. The molecule has 0 aromatic carbocycles. The Hall–Kier alpha value is -1.98. The molecule has 0 spiro atoms. The van der Waals surface area contributed by atoms with Gasteiger partial charge < -0.3 is 13.6 Å². The van der Waals surface area contributed by atoms with Crippen molar-refractivity contribution >= 4 is 28.6 Å². The van der Waals surface area contributed by atoms with Gasteiger partial charge in [-0.05, 0) is 52.1 Å². The molecule has 254 valence electrons. The highest BCUT2D eigenvalue weighted by atomic mass is 28.4. The van der Waals surface area contributed by atoms with Crippen molar-refractivity contribution in [3.8, 4) is 0 Å². The first-order valence-electron chi connectivity index (χ1n) is 11.7. The van der Waals surface area contributed by atoms with E-state index in [0.717, 1.165) is 0 Å². The Bertz CT molecular complexity index is 1020. The molecule has 22 heteroatoms. The number of alkyl halides is 15. The topological polar surface area (TPSA) is 61.8 Å². The first kappa shape index (κ1) is 41.0. The lowest BCUT2D eigenvalue weighted by atomic mass is 9.90. The van der Waals surface area contributed by atoms with E-state index in [1.54, 1.807) is 0 Å². The van der Waals surface area contributed by atoms with Gasteiger partial charge in [0, 0.05) is 12.2 Å². The first-order valence-corrected chi connectivity index (χ1v) is 18.2. The van der Waals surface area contributed by atoms with Crippen molar-refractivity contribution in [2.24, 2.45) is 0 Å². The molecule has 5 nitrogen and oxygen atoms in total. The second-order valence-corrected chi connectivity index (χ2v) is 19.7. The summed E-state index contributed by atoms with van der Waals surface area (Å²) < 4.78 is 216. The predicted molar refractivity (Wildman–Crippen MR) is 123 cm³/mol. The molecule has 0 fully saturated rings. The van der Waals surface area contributed by atoms with E-state index in [1.165, 1.54) is 0 Å². The standard InChI is InChI=1S/C21H27F15O5Si2/c1-12(22)15(23,24)16(25,26)17(27,28)18(29,30)19(31,32)20(33,34)21(35,36)40-14(38)9-8-13(37)39-10-7-11-43(5,6)41-42(2,3)4/h8-9,12H,7,10-11H2,1-6H3. The second kappa shape index (κ2) is 12.8. The summed E-state index contributed by atoms with van der Waals surface area (Å²) in [6, 6.07) is 0.450. The van der Waals surface area contributed by atoms with E-state index in [2.05, 4.69) is 9.47 Å². The first-order chi connectivity index (χ1) is 18.6. The number of hydrogen-bond donors (Lipinski definition) is 0. The molecule has 0 aromatic heterocycles. The number of halogens is 15. The van der Waals surface area contributed by atoms with Gasteiger partial charge in [-0.15, -0.1) is 0 Å². The Kier molecular flexibility index (Phi) is 12.2. The Morgan fingerprint density at radius 1 is 0.674 bits per heavy atom. The van der Waals surface area contributed by atoms with Crippen LogP contribution in [-0.4, -0.2) is 83.0 Å². The van der Waals surface area contributed by atoms with Crippen molar-refractivity contribution in [3.63, 3.8) is 0 Å². The van der Waals surface area contributed by atoms with E-state index in [0.29, 0.717) is 6.04 Å². The van der Waals surface area contributed by atoms with Crippen LogP contribution in [0.4, 0.5) is 65.9 Å². The second-order valence-electron chi connectivity index (χ2n) is 10.6. The number of esters is 2. The smallest absolute Gasteiger partial charge is 0.463 e. The molecule has 0 bridgehead atoms. The van der Waals surface area contributed by atoms with Gasteiger partial charge in [0.1, 0.15) is 0 Å². The molecular formula is C21H27F15O5Si2. The third-order valence-corrected chi connectivity index (χ3v) is 11.4. The fourth-order valence-corrected chi connectivity index (χ4v) is 11.2. The van der Waals surface area contributed by atoms with Crippen LogP contribution in [0, 0.1) is 0 Å². The fourth-order valence-electron chi connectivity index (χ4n) is 3.19. The monoisotopic (exact) mass is 700 g/mol. The summed E-state index contributed by atoms with van der Waals surface area (Å²) in [7, 11) is -4.10. The number of ether oxygens (including phenoxy) is 2. The van der Waals surface area contributed by atoms with Crippen molar-refractivity contribution in [1.29, 1.82) is 0 Å². The highest BCUT2D eigenvalue weighted by Gasteiger charge is 2.94. The van der Waals surface area contributed by atoms with Gasteiger partial charge in [0.25, 0.3) is 0 Å². The predicted octanol–water partition coefficient (Wildman–Crippen LogP) is 7.84. The molecule has 0 aliphatic heterocycles. The Balaban J connectivity index is 5.72. The molecule has 0 aromatic rings. The summed E-state index contributed by atoms with van der Waals surface area (Å²) in [4.78, 5) is 22.9. The molecule has 1 unspecified atom stereocenters. The third kappa shape index (κ3) is 8.60. The van der Waals surface area contributed by atoms with Crippen LogP contribution in [0.15, 0.2) is 12.2 Å². The molecule has 0 heterocycles. The lowest BCUT2D eigenvalue weighted by Gasteiger charge is -2.42. The normalized spacial score (nSPS) is 15.9. The van der Waals surface area contributed by atoms with E-state index >= 15 is 0 Å². The number of hydrogen-bond acceptors (Lipinski definition) is 5. The fraction of sp³-hybridized carbons (Fsp3) is 0.810. The minimum Gasteiger partial charge on any atom is -0.463 e. The molecule has 0 saturated heterocycles. The summed E-state index contributed by atoms with van der Waals surface area (Å²) in [5.74, 6) is -52.3. The number of carbonyl (C=O) groups excluding carboxylic acids is 2. The van der Waals surface area contributed by atoms with E-state index in [4.69, 9.17) is 4.12 Å². The number of carbonyl (C=O) groups is 2. The molecule has 1 atom stereocenters. The lowest BCUT2D eigenvalue weighted by Crippen LogP contribution is -2.74. The van der Waals surface area contributed by atoms with Gasteiger partial charge >= 0.3 is 53.6 Å².